The van der Waals surface area contributed by atoms with Crippen molar-refractivity contribution >= 4 is 23.5 Å². The van der Waals surface area contributed by atoms with Gasteiger partial charge in [0.05, 0.1) is 0 Å². The minimum atomic E-state index is -0.456. The molecule has 1 heterocycles. The molecule has 5 nitrogen and oxygen atoms in total. The van der Waals surface area contributed by atoms with Crippen molar-refractivity contribution in [2.75, 3.05) is 24.7 Å². The molecule has 7 heteroatoms. The number of aromatic nitrogens is 3. The van der Waals surface area contributed by atoms with Crippen molar-refractivity contribution in [3.05, 3.63) is 29.0 Å². The molecule has 94 valence electrons. The molecule has 0 saturated carbocycles. The second-order valence-corrected chi connectivity index (χ2v) is 4.31. The van der Waals surface area contributed by atoms with E-state index < -0.39 is 5.82 Å². The van der Waals surface area contributed by atoms with Crippen molar-refractivity contribution in [1.29, 1.82) is 0 Å². The molecular weight excluding hydrogens is 257 g/mol. The number of benzene rings is 1. The van der Waals surface area contributed by atoms with Gasteiger partial charge in [-0.05, 0) is 18.2 Å². The van der Waals surface area contributed by atoms with Crippen LogP contribution in [0.3, 0.4) is 0 Å². The van der Waals surface area contributed by atoms with Crippen molar-refractivity contribution in [2.45, 2.75) is 0 Å². The molecule has 0 bridgehead atoms. The molecule has 0 amide bonds. The van der Waals surface area contributed by atoms with E-state index in [0.29, 0.717) is 11.5 Å². The summed E-state index contributed by atoms with van der Waals surface area (Å²) in [6, 6.07) is 4.07. The minimum Gasteiger partial charge on any atom is -0.368 e. The zero-order chi connectivity index (χ0) is 13.3. The maximum atomic E-state index is 13.3. The molecule has 2 rings (SSSR count). The standard InChI is InChI=1S/C11H11ClFN5/c1-18(2)11-16-9(15-10(14)17-11)6-3-7(12)5-8(13)4-6/h3-5H,1-2H3,(H2,14,15,16,17). The van der Waals surface area contributed by atoms with Crippen LogP contribution in [0, 0.1) is 5.82 Å². The topological polar surface area (TPSA) is 67.9 Å². The molecule has 1 aromatic carbocycles. The van der Waals surface area contributed by atoms with E-state index in [1.165, 1.54) is 12.1 Å². The second kappa shape index (κ2) is 4.73. The van der Waals surface area contributed by atoms with E-state index in [1.807, 2.05) is 0 Å². The highest BCUT2D eigenvalue weighted by atomic mass is 35.5. The SMILES string of the molecule is CN(C)c1nc(N)nc(-c2cc(F)cc(Cl)c2)n1. The molecule has 0 saturated heterocycles. The predicted molar refractivity (Wildman–Crippen MR) is 69.0 cm³/mol. The van der Waals surface area contributed by atoms with Crippen LogP contribution in [0.4, 0.5) is 16.3 Å². The lowest BCUT2D eigenvalue weighted by Gasteiger charge is -2.11. The number of nitrogens with zero attached hydrogens (tertiary/aromatic N) is 4. The number of halogens is 2. The first kappa shape index (κ1) is 12.5. The van der Waals surface area contributed by atoms with Crippen LogP contribution in [0.25, 0.3) is 11.4 Å². The molecule has 0 aliphatic rings. The first-order valence-corrected chi connectivity index (χ1v) is 5.49. The Morgan fingerprint density at radius 3 is 2.50 bits per heavy atom. The number of nitrogen functional groups attached to an aromatic ring is 1. The van der Waals surface area contributed by atoms with E-state index in [1.54, 1.807) is 25.1 Å². The summed E-state index contributed by atoms with van der Waals surface area (Å²) >= 11 is 5.79. The summed E-state index contributed by atoms with van der Waals surface area (Å²) in [7, 11) is 3.55. The van der Waals surface area contributed by atoms with Crippen LogP contribution in [-0.4, -0.2) is 29.0 Å². The van der Waals surface area contributed by atoms with Gasteiger partial charge in [0.2, 0.25) is 11.9 Å². The first-order chi connectivity index (χ1) is 8.45. The van der Waals surface area contributed by atoms with E-state index in [4.69, 9.17) is 17.3 Å². The van der Waals surface area contributed by atoms with Gasteiger partial charge in [-0.25, -0.2) is 4.39 Å². The molecule has 18 heavy (non-hydrogen) atoms. The Hall–Kier alpha value is -1.95. The maximum Gasteiger partial charge on any atom is 0.230 e. The Kier molecular flexibility index (Phi) is 3.29. The Morgan fingerprint density at radius 1 is 1.17 bits per heavy atom. The molecule has 0 spiro atoms. The van der Waals surface area contributed by atoms with Crippen LogP contribution in [0.1, 0.15) is 0 Å². The fourth-order valence-electron chi connectivity index (χ4n) is 1.39. The van der Waals surface area contributed by atoms with Crippen molar-refractivity contribution in [3.63, 3.8) is 0 Å². The summed E-state index contributed by atoms with van der Waals surface area (Å²) in [5.74, 6) is 0.303. The summed E-state index contributed by atoms with van der Waals surface area (Å²) in [5.41, 5.74) is 6.05. The van der Waals surface area contributed by atoms with Gasteiger partial charge in [0, 0.05) is 24.7 Å². The van der Waals surface area contributed by atoms with E-state index in [9.17, 15) is 4.39 Å². The van der Waals surface area contributed by atoms with E-state index in [2.05, 4.69) is 15.0 Å². The average Bonchev–Trinajstić information content (AvgIpc) is 2.26. The normalized spacial score (nSPS) is 10.4. The summed E-state index contributed by atoms with van der Waals surface area (Å²) in [5, 5.41) is 0.274. The zero-order valence-corrected chi connectivity index (χ0v) is 10.6. The molecule has 0 radical (unpaired) electrons. The molecule has 0 fully saturated rings. The number of anilines is 2. The van der Waals surface area contributed by atoms with Crippen molar-refractivity contribution in [1.82, 2.24) is 15.0 Å². The molecule has 0 aliphatic carbocycles. The smallest absolute Gasteiger partial charge is 0.230 e. The predicted octanol–water partition coefficient (Wildman–Crippen LogP) is 1.98. The quantitative estimate of drug-likeness (QED) is 0.901. The lowest BCUT2D eigenvalue weighted by atomic mass is 10.2. The highest BCUT2D eigenvalue weighted by Gasteiger charge is 2.10. The average molecular weight is 268 g/mol. The van der Waals surface area contributed by atoms with E-state index in [-0.39, 0.29) is 16.8 Å². The Labute approximate surface area is 108 Å². The van der Waals surface area contributed by atoms with Gasteiger partial charge < -0.3 is 10.6 Å². The van der Waals surface area contributed by atoms with Gasteiger partial charge in [0.25, 0.3) is 0 Å². The molecular formula is C11H11ClFN5. The largest absolute Gasteiger partial charge is 0.368 e. The Bertz CT molecular complexity index is 567. The molecule has 2 N–H and O–H groups in total. The summed E-state index contributed by atoms with van der Waals surface area (Å²) in [4.78, 5) is 13.8. The number of hydrogen-bond acceptors (Lipinski definition) is 5. The maximum absolute atomic E-state index is 13.3. The van der Waals surface area contributed by atoms with Gasteiger partial charge in [-0.3, -0.25) is 0 Å². The van der Waals surface area contributed by atoms with Gasteiger partial charge >= 0.3 is 0 Å². The van der Waals surface area contributed by atoms with Gasteiger partial charge in [-0.15, -0.1) is 0 Å². The van der Waals surface area contributed by atoms with Crippen molar-refractivity contribution in [2.24, 2.45) is 0 Å². The number of rotatable bonds is 2. The van der Waals surface area contributed by atoms with Crippen molar-refractivity contribution in [3.8, 4) is 11.4 Å². The molecule has 0 unspecified atom stereocenters. The first-order valence-electron chi connectivity index (χ1n) is 5.11. The van der Waals surface area contributed by atoms with E-state index >= 15 is 0 Å². The monoisotopic (exact) mass is 267 g/mol. The Morgan fingerprint density at radius 2 is 1.89 bits per heavy atom. The van der Waals surface area contributed by atoms with Crippen LogP contribution in [0.15, 0.2) is 18.2 Å². The van der Waals surface area contributed by atoms with Crippen LogP contribution in [0.5, 0.6) is 0 Å². The summed E-state index contributed by atoms with van der Waals surface area (Å²) in [6.07, 6.45) is 0. The Balaban J connectivity index is 2.56. The third kappa shape index (κ3) is 2.65. The minimum absolute atomic E-state index is 0.0732. The van der Waals surface area contributed by atoms with Gasteiger partial charge in [-0.1, -0.05) is 11.6 Å². The molecule has 2 aromatic rings. The second-order valence-electron chi connectivity index (χ2n) is 3.87. The third-order valence-corrected chi connectivity index (χ3v) is 2.38. The zero-order valence-electron chi connectivity index (χ0n) is 9.85. The highest BCUT2D eigenvalue weighted by molar-refractivity contribution is 6.30. The number of nitrogens with two attached hydrogens (primary N) is 1. The highest BCUT2D eigenvalue weighted by Crippen LogP contribution is 2.23. The lowest BCUT2D eigenvalue weighted by Crippen LogP contribution is -2.15. The van der Waals surface area contributed by atoms with Gasteiger partial charge in [0.1, 0.15) is 5.82 Å². The fraction of sp³-hybridized carbons (Fsp3) is 0.182. The molecule has 0 atom stereocenters. The van der Waals surface area contributed by atoms with E-state index in [0.717, 1.165) is 0 Å². The fourth-order valence-corrected chi connectivity index (χ4v) is 1.61. The van der Waals surface area contributed by atoms with Crippen molar-refractivity contribution < 1.29 is 4.39 Å². The number of hydrogen-bond donors (Lipinski definition) is 1. The van der Waals surface area contributed by atoms with Crippen LogP contribution < -0.4 is 10.6 Å². The van der Waals surface area contributed by atoms with Crippen LogP contribution in [-0.2, 0) is 0 Å². The lowest BCUT2D eigenvalue weighted by molar-refractivity contribution is 0.628. The summed E-state index contributed by atoms with van der Waals surface area (Å²) in [6.45, 7) is 0. The molecule has 0 aliphatic heterocycles. The van der Waals surface area contributed by atoms with Gasteiger partial charge in [0.15, 0.2) is 5.82 Å². The molecule has 1 aromatic heterocycles. The van der Waals surface area contributed by atoms with Gasteiger partial charge in [-0.2, -0.15) is 15.0 Å². The summed E-state index contributed by atoms with van der Waals surface area (Å²) < 4.78 is 13.3. The van der Waals surface area contributed by atoms with Crippen LogP contribution >= 0.6 is 11.6 Å². The van der Waals surface area contributed by atoms with Crippen LogP contribution in [0.2, 0.25) is 5.02 Å². The third-order valence-electron chi connectivity index (χ3n) is 2.16.